The van der Waals surface area contributed by atoms with Crippen molar-refractivity contribution in [3.8, 4) is 0 Å². The maximum absolute atomic E-state index is 13.0. The van der Waals surface area contributed by atoms with Crippen molar-refractivity contribution in [3.63, 3.8) is 0 Å². The maximum atomic E-state index is 13.0. The SMILES string of the molecule is CC(C)CCn1nc2n(c1=O)CCC(NC(=O)c1c3c(nn1C)CCCC3)CC2. The highest BCUT2D eigenvalue weighted by Crippen LogP contribution is 2.24. The van der Waals surface area contributed by atoms with Crippen molar-refractivity contribution in [2.45, 2.75) is 84.3 Å². The van der Waals surface area contributed by atoms with Gasteiger partial charge in [0.15, 0.2) is 0 Å². The van der Waals surface area contributed by atoms with Crippen molar-refractivity contribution < 1.29 is 4.79 Å². The lowest BCUT2D eigenvalue weighted by molar-refractivity contribution is 0.0922. The summed E-state index contributed by atoms with van der Waals surface area (Å²) in [6.07, 6.45) is 7.36. The van der Waals surface area contributed by atoms with Crippen molar-refractivity contribution in [2.75, 3.05) is 0 Å². The van der Waals surface area contributed by atoms with Crippen LogP contribution < -0.4 is 11.0 Å². The van der Waals surface area contributed by atoms with Crippen LogP contribution in [0.1, 0.15) is 73.5 Å². The first-order valence-electron chi connectivity index (χ1n) is 11.0. The van der Waals surface area contributed by atoms with E-state index in [1.165, 1.54) is 0 Å². The first kappa shape index (κ1) is 19.9. The van der Waals surface area contributed by atoms with Crippen LogP contribution in [0.15, 0.2) is 4.79 Å². The minimum atomic E-state index is -0.0398. The molecule has 2 aliphatic rings. The number of carbonyl (C=O) groups excluding carboxylic acids is 1. The van der Waals surface area contributed by atoms with E-state index in [4.69, 9.17) is 0 Å². The molecule has 0 bridgehead atoms. The van der Waals surface area contributed by atoms with Gasteiger partial charge in [0.05, 0.1) is 5.69 Å². The minimum absolute atomic E-state index is 0.0201. The largest absolute Gasteiger partial charge is 0.348 e. The first-order valence-corrected chi connectivity index (χ1v) is 11.0. The topological polar surface area (TPSA) is 86.7 Å². The number of fused-ring (bicyclic) bond motifs is 2. The summed E-state index contributed by atoms with van der Waals surface area (Å²) in [6.45, 7) is 5.57. The van der Waals surface area contributed by atoms with E-state index in [0.717, 1.165) is 62.0 Å². The molecule has 0 aromatic carbocycles. The fourth-order valence-electron chi connectivity index (χ4n) is 4.52. The van der Waals surface area contributed by atoms with E-state index in [1.54, 1.807) is 13.9 Å². The van der Waals surface area contributed by atoms with Crippen LogP contribution in [0.25, 0.3) is 0 Å². The molecule has 8 heteroatoms. The zero-order valence-corrected chi connectivity index (χ0v) is 17.8. The number of nitrogens with one attached hydrogen (secondary N) is 1. The highest BCUT2D eigenvalue weighted by Gasteiger charge is 2.27. The van der Waals surface area contributed by atoms with E-state index >= 15 is 0 Å². The van der Waals surface area contributed by atoms with Crippen LogP contribution in [0.3, 0.4) is 0 Å². The second-order valence-corrected chi connectivity index (χ2v) is 8.86. The van der Waals surface area contributed by atoms with Gasteiger partial charge in [-0.25, -0.2) is 9.48 Å². The van der Waals surface area contributed by atoms with E-state index in [0.29, 0.717) is 31.1 Å². The second-order valence-electron chi connectivity index (χ2n) is 8.86. The smallest absolute Gasteiger partial charge is 0.345 e. The lowest BCUT2D eigenvalue weighted by Gasteiger charge is -2.17. The number of aromatic nitrogens is 5. The van der Waals surface area contributed by atoms with E-state index in [9.17, 15) is 9.59 Å². The monoisotopic (exact) mass is 400 g/mol. The molecule has 0 saturated carbocycles. The molecule has 0 spiro atoms. The van der Waals surface area contributed by atoms with E-state index in [1.807, 2.05) is 7.05 Å². The Bertz CT molecular complexity index is 951. The summed E-state index contributed by atoms with van der Waals surface area (Å²) in [7, 11) is 1.86. The number of hydrogen-bond acceptors (Lipinski definition) is 4. The Morgan fingerprint density at radius 3 is 2.76 bits per heavy atom. The molecule has 29 heavy (non-hydrogen) atoms. The van der Waals surface area contributed by atoms with E-state index < -0.39 is 0 Å². The van der Waals surface area contributed by atoms with E-state index in [2.05, 4.69) is 29.4 Å². The Labute approximate surface area is 171 Å². The molecule has 2 aromatic heterocycles. The number of hydrogen-bond donors (Lipinski definition) is 1. The highest BCUT2D eigenvalue weighted by molar-refractivity contribution is 5.94. The third kappa shape index (κ3) is 4.02. The summed E-state index contributed by atoms with van der Waals surface area (Å²) < 4.78 is 5.13. The molecule has 8 nitrogen and oxygen atoms in total. The summed E-state index contributed by atoms with van der Waals surface area (Å²) in [5.41, 5.74) is 2.88. The normalized spacial score (nSPS) is 19.0. The van der Waals surface area contributed by atoms with Crippen molar-refractivity contribution in [3.05, 3.63) is 33.3 Å². The van der Waals surface area contributed by atoms with Gasteiger partial charge in [-0.2, -0.15) is 10.2 Å². The summed E-state index contributed by atoms with van der Waals surface area (Å²) >= 11 is 0. The molecule has 1 aliphatic carbocycles. The Morgan fingerprint density at radius 2 is 1.97 bits per heavy atom. The minimum Gasteiger partial charge on any atom is -0.348 e. The molecule has 0 radical (unpaired) electrons. The van der Waals surface area contributed by atoms with Gasteiger partial charge in [-0.05, 0) is 50.9 Å². The number of amides is 1. The van der Waals surface area contributed by atoms with E-state index in [-0.39, 0.29) is 17.6 Å². The van der Waals surface area contributed by atoms with Crippen LogP contribution in [0.4, 0.5) is 0 Å². The van der Waals surface area contributed by atoms with Crippen LogP contribution >= 0.6 is 0 Å². The molecular formula is C21H32N6O2. The van der Waals surface area contributed by atoms with Gasteiger partial charge < -0.3 is 5.32 Å². The first-order chi connectivity index (χ1) is 13.9. The molecule has 2 aromatic rings. The zero-order valence-electron chi connectivity index (χ0n) is 17.8. The van der Waals surface area contributed by atoms with Crippen molar-refractivity contribution in [1.82, 2.24) is 29.4 Å². The van der Waals surface area contributed by atoms with Gasteiger partial charge >= 0.3 is 5.69 Å². The van der Waals surface area contributed by atoms with Crippen LogP contribution in [-0.2, 0) is 39.4 Å². The summed E-state index contributed by atoms with van der Waals surface area (Å²) in [5, 5.41) is 12.3. The van der Waals surface area contributed by atoms with Gasteiger partial charge in [0.25, 0.3) is 5.91 Å². The zero-order chi connectivity index (χ0) is 20.5. The molecule has 0 fully saturated rings. The number of aryl methyl sites for hydroxylation is 4. The van der Waals surface area contributed by atoms with Crippen molar-refractivity contribution >= 4 is 5.91 Å². The summed E-state index contributed by atoms with van der Waals surface area (Å²) in [5.74, 6) is 1.34. The second kappa shape index (κ2) is 8.16. The molecule has 1 aliphatic heterocycles. The third-order valence-corrected chi connectivity index (χ3v) is 6.20. The predicted octanol–water partition coefficient (Wildman–Crippen LogP) is 1.84. The highest BCUT2D eigenvalue weighted by atomic mass is 16.2. The lowest BCUT2D eigenvalue weighted by atomic mass is 9.95. The quantitative estimate of drug-likeness (QED) is 0.830. The van der Waals surface area contributed by atoms with Crippen LogP contribution in [0.2, 0.25) is 0 Å². The molecule has 4 rings (SSSR count). The molecule has 1 atom stereocenters. The van der Waals surface area contributed by atoms with Crippen LogP contribution in [-0.4, -0.2) is 36.1 Å². The fourth-order valence-corrected chi connectivity index (χ4v) is 4.52. The molecule has 3 heterocycles. The average molecular weight is 401 g/mol. The van der Waals surface area contributed by atoms with Gasteiger partial charge in [-0.15, -0.1) is 0 Å². The van der Waals surface area contributed by atoms with Crippen LogP contribution in [0.5, 0.6) is 0 Å². The molecule has 1 unspecified atom stereocenters. The van der Waals surface area contributed by atoms with Gasteiger partial charge in [-0.1, -0.05) is 13.8 Å². The molecule has 1 N–H and O–H groups in total. The summed E-state index contributed by atoms with van der Waals surface area (Å²) in [4.78, 5) is 25.7. The fraction of sp³-hybridized carbons (Fsp3) is 0.714. The Morgan fingerprint density at radius 1 is 1.17 bits per heavy atom. The standard InChI is InChI=1S/C21H32N6O2/c1-14(2)10-13-27-21(29)26-12-11-15(8-9-18(26)24-27)22-20(28)19-16-6-4-5-7-17(16)23-25(19)3/h14-15H,4-13H2,1-3H3,(H,22,28). The predicted molar refractivity (Wildman–Crippen MR) is 110 cm³/mol. The van der Waals surface area contributed by atoms with Gasteiger partial charge in [0.2, 0.25) is 0 Å². The van der Waals surface area contributed by atoms with Crippen LogP contribution in [0, 0.1) is 5.92 Å². The van der Waals surface area contributed by atoms with Crippen molar-refractivity contribution in [1.29, 1.82) is 0 Å². The van der Waals surface area contributed by atoms with Crippen molar-refractivity contribution in [2.24, 2.45) is 13.0 Å². The Balaban J connectivity index is 1.43. The molecule has 1 amide bonds. The summed E-state index contributed by atoms with van der Waals surface area (Å²) in [6, 6.07) is 0.0434. The number of rotatable bonds is 5. The Kier molecular flexibility index (Phi) is 5.61. The third-order valence-electron chi connectivity index (χ3n) is 6.20. The van der Waals surface area contributed by atoms with Gasteiger partial charge in [-0.3, -0.25) is 14.0 Å². The average Bonchev–Trinajstić information content (AvgIpc) is 3.09. The molecular weight excluding hydrogens is 368 g/mol. The molecule has 158 valence electrons. The lowest BCUT2D eigenvalue weighted by Crippen LogP contribution is -2.37. The molecule has 0 saturated heterocycles. The maximum Gasteiger partial charge on any atom is 0.345 e. The Hall–Kier alpha value is -2.38. The van der Waals surface area contributed by atoms with Gasteiger partial charge in [0, 0.05) is 38.2 Å². The number of carbonyl (C=O) groups is 1. The number of nitrogens with zero attached hydrogens (tertiary/aromatic N) is 5. The van der Waals surface area contributed by atoms with Gasteiger partial charge in [0.1, 0.15) is 11.5 Å².